The van der Waals surface area contributed by atoms with E-state index in [1.54, 1.807) is 6.92 Å². The van der Waals surface area contributed by atoms with E-state index in [-0.39, 0.29) is 11.8 Å². The molecule has 2 atom stereocenters. The lowest BCUT2D eigenvalue weighted by Crippen LogP contribution is -2.60. The zero-order valence-corrected chi connectivity index (χ0v) is 12.6. The van der Waals surface area contributed by atoms with Gasteiger partial charge in [0.05, 0.1) is 5.60 Å². The minimum atomic E-state index is -0.671. The molecular formula is C14H22N4O3. The second kappa shape index (κ2) is 5.29. The fraction of sp³-hybridized carbons (Fsp3) is 0.786. The number of hydrogen-bond acceptors (Lipinski definition) is 6. The van der Waals surface area contributed by atoms with Crippen molar-refractivity contribution in [2.24, 2.45) is 5.92 Å². The second-order valence-corrected chi connectivity index (χ2v) is 6.04. The molecule has 116 valence electrons. The van der Waals surface area contributed by atoms with Gasteiger partial charge in [-0.2, -0.15) is 0 Å². The van der Waals surface area contributed by atoms with Crippen LogP contribution >= 0.6 is 0 Å². The van der Waals surface area contributed by atoms with Crippen molar-refractivity contribution in [3.63, 3.8) is 0 Å². The van der Waals surface area contributed by atoms with Crippen LogP contribution < -0.4 is 4.90 Å². The van der Waals surface area contributed by atoms with Gasteiger partial charge in [-0.15, -0.1) is 5.10 Å². The maximum Gasteiger partial charge on any atom is 0.318 e. The SMILES string of the molecule is CCc1nnc(N2CC[C@@]3(O)CCN(C(C)=O)C[C@H]3C2)o1. The molecule has 1 aromatic rings. The fourth-order valence-corrected chi connectivity index (χ4v) is 3.28. The minimum absolute atomic E-state index is 0.0286. The zero-order chi connectivity index (χ0) is 15.0. The number of aliphatic hydroxyl groups is 1. The molecule has 0 saturated carbocycles. The van der Waals surface area contributed by atoms with Gasteiger partial charge in [0.15, 0.2) is 0 Å². The number of anilines is 1. The van der Waals surface area contributed by atoms with Crippen LogP contribution in [0.1, 0.15) is 32.6 Å². The van der Waals surface area contributed by atoms with Gasteiger partial charge in [-0.05, 0) is 12.8 Å². The van der Waals surface area contributed by atoms with Crippen LogP contribution in [0.3, 0.4) is 0 Å². The van der Waals surface area contributed by atoms with E-state index in [2.05, 4.69) is 10.2 Å². The Balaban J connectivity index is 1.73. The second-order valence-electron chi connectivity index (χ2n) is 6.04. The van der Waals surface area contributed by atoms with Crippen LogP contribution in [0.5, 0.6) is 0 Å². The van der Waals surface area contributed by atoms with Gasteiger partial charge < -0.3 is 19.3 Å². The Kier molecular flexibility index (Phi) is 3.61. The van der Waals surface area contributed by atoms with Crippen molar-refractivity contribution in [1.29, 1.82) is 0 Å². The van der Waals surface area contributed by atoms with Crippen LogP contribution in [0.4, 0.5) is 6.01 Å². The van der Waals surface area contributed by atoms with Crippen molar-refractivity contribution < 1.29 is 14.3 Å². The van der Waals surface area contributed by atoms with Crippen molar-refractivity contribution >= 4 is 11.9 Å². The van der Waals surface area contributed by atoms with Gasteiger partial charge in [-0.1, -0.05) is 12.0 Å². The van der Waals surface area contributed by atoms with E-state index in [1.165, 1.54) is 0 Å². The van der Waals surface area contributed by atoms with E-state index in [0.29, 0.717) is 57.3 Å². The Morgan fingerprint density at radius 1 is 1.38 bits per heavy atom. The van der Waals surface area contributed by atoms with Gasteiger partial charge in [-0.3, -0.25) is 4.79 Å². The Morgan fingerprint density at radius 3 is 2.81 bits per heavy atom. The molecule has 0 spiro atoms. The van der Waals surface area contributed by atoms with Crippen molar-refractivity contribution in [1.82, 2.24) is 15.1 Å². The number of carbonyl (C=O) groups is 1. The molecule has 0 radical (unpaired) electrons. The van der Waals surface area contributed by atoms with Gasteiger partial charge >= 0.3 is 6.01 Å². The van der Waals surface area contributed by atoms with E-state index >= 15 is 0 Å². The van der Waals surface area contributed by atoms with Crippen LogP contribution in [0.2, 0.25) is 0 Å². The third kappa shape index (κ3) is 2.62. The van der Waals surface area contributed by atoms with Crippen LogP contribution in [0.15, 0.2) is 4.42 Å². The summed E-state index contributed by atoms with van der Waals surface area (Å²) in [4.78, 5) is 15.4. The Morgan fingerprint density at radius 2 is 2.14 bits per heavy atom. The molecule has 7 heteroatoms. The molecule has 0 unspecified atom stereocenters. The molecule has 3 rings (SSSR count). The molecule has 0 aliphatic carbocycles. The third-order valence-electron chi connectivity index (χ3n) is 4.75. The summed E-state index contributed by atoms with van der Waals surface area (Å²) in [6, 6.07) is 0.522. The highest BCUT2D eigenvalue weighted by molar-refractivity contribution is 5.73. The normalized spacial score (nSPS) is 29.4. The van der Waals surface area contributed by atoms with Gasteiger partial charge in [-0.25, -0.2) is 0 Å². The van der Waals surface area contributed by atoms with Crippen molar-refractivity contribution in [2.75, 3.05) is 31.1 Å². The molecule has 1 aromatic heterocycles. The van der Waals surface area contributed by atoms with E-state index in [4.69, 9.17) is 4.42 Å². The predicted molar refractivity (Wildman–Crippen MR) is 75.8 cm³/mol. The van der Waals surface area contributed by atoms with Gasteiger partial charge in [0.2, 0.25) is 11.8 Å². The van der Waals surface area contributed by atoms with E-state index in [1.807, 2.05) is 16.7 Å². The Labute approximate surface area is 123 Å². The molecule has 1 N–H and O–H groups in total. The monoisotopic (exact) mass is 294 g/mol. The quantitative estimate of drug-likeness (QED) is 0.852. The molecular weight excluding hydrogens is 272 g/mol. The first-order chi connectivity index (χ1) is 10.0. The van der Waals surface area contributed by atoms with Crippen molar-refractivity contribution in [2.45, 2.75) is 38.7 Å². The number of fused-ring (bicyclic) bond motifs is 1. The summed E-state index contributed by atoms with van der Waals surface area (Å²) in [6.45, 7) is 6.14. The highest BCUT2D eigenvalue weighted by Gasteiger charge is 2.46. The molecule has 2 saturated heterocycles. The highest BCUT2D eigenvalue weighted by Crippen LogP contribution is 2.36. The third-order valence-corrected chi connectivity index (χ3v) is 4.75. The lowest BCUT2D eigenvalue weighted by Gasteiger charge is -2.49. The minimum Gasteiger partial charge on any atom is -0.408 e. The number of aryl methyl sites for hydroxylation is 1. The molecule has 0 bridgehead atoms. The van der Waals surface area contributed by atoms with Crippen molar-refractivity contribution in [3.8, 4) is 0 Å². The van der Waals surface area contributed by atoms with E-state index < -0.39 is 5.60 Å². The number of amides is 1. The number of carbonyl (C=O) groups excluding carboxylic acids is 1. The first-order valence-corrected chi connectivity index (χ1v) is 7.57. The first-order valence-electron chi connectivity index (χ1n) is 7.57. The Bertz CT molecular complexity index is 532. The standard InChI is InChI=1S/C14H22N4O3/c1-3-12-15-16-13(21-12)18-7-5-14(20)4-6-17(10(2)19)8-11(14)9-18/h11,20H,3-9H2,1-2H3/t11-,14-/m0/s1. The lowest BCUT2D eigenvalue weighted by atomic mass is 9.76. The largest absolute Gasteiger partial charge is 0.408 e. The van der Waals surface area contributed by atoms with Crippen molar-refractivity contribution in [3.05, 3.63) is 5.89 Å². The lowest BCUT2D eigenvalue weighted by molar-refractivity contribution is -0.139. The topological polar surface area (TPSA) is 82.7 Å². The molecule has 2 fully saturated rings. The molecule has 7 nitrogen and oxygen atoms in total. The maximum atomic E-state index is 11.6. The zero-order valence-electron chi connectivity index (χ0n) is 12.6. The van der Waals surface area contributed by atoms with Crippen LogP contribution in [-0.4, -0.2) is 57.9 Å². The van der Waals surface area contributed by atoms with E-state index in [9.17, 15) is 9.90 Å². The number of piperidine rings is 2. The highest BCUT2D eigenvalue weighted by atomic mass is 16.4. The van der Waals surface area contributed by atoms with Gasteiger partial charge in [0, 0.05) is 45.4 Å². The number of rotatable bonds is 2. The summed E-state index contributed by atoms with van der Waals surface area (Å²) in [5.41, 5.74) is -0.671. The molecule has 2 aliphatic rings. The number of nitrogens with zero attached hydrogens (tertiary/aromatic N) is 4. The summed E-state index contributed by atoms with van der Waals surface area (Å²) in [7, 11) is 0. The van der Waals surface area contributed by atoms with Gasteiger partial charge in [0.25, 0.3) is 0 Å². The average Bonchev–Trinajstić information content (AvgIpc) is 2.94. The Hall–Kier alpha value is -1.63. The molecule has 21 heavy (non-hydrogen) atoms. The number of likely N-dealkylation sites (tertiary alicyclic amines) is 1. The maximum absolute atomic E-state index is 11.6. The van der Waals surface area contributed by atoms with Crippen LogP contribution in [-0.2, 0) is 11.2 Å². The van der Waals surface area contributed by atoms with E-state index in [0.717, 1.165) is 0 Å². The summed E-state index contributed by atoms with van der Waals surface area (Å²) >= 11 is 0. The number of aromatic nitrogens is 2. The first kappa shape index (κ1) is 14.3. The van der Waals surface area contributed by atoms with Crippen LogP contribution in [0.25, 0.3) is 0 Å². The smallest absolute Gasteiger partial charge is 0.318 e. The average molecular weight is 294 g/mol. The fourth-order valence-electron chi connectivity index (χ4n) is 3.28. The summed E-state index contributed by atoms with van der Waals surface area (Å²) in [5.74, 6) is 0.723. The molecule has 2 aliphatic heterocycles. The summed E-state index contributed by atoms with van der Waals surface area (Å²) in [5, 5.41) is 18.8. The molecule has 0 aromatic carbocycles. The molecule has 1 amide bonds. The van der Waals surface area contributed by atoms with Gasteiger partial charge in [0.1, 0.15) is 0 Å². The molecule has 3 heterocycles. The summed E-state index contributed by atoms with van der Waals surface area (Å²) in [6.07, 6.45) is 2.04. The van der Waals surface area contributed by atoms with Crippen LogP contribution in [0, 0.1) is 5.92 Å². The summed E-state index contributed by atoms with van der Waals surface area (Å²) < 4.78 is 5.60. The number of hydrogen-bond donors (Lipinski definition) is 1. The predicted octanol–water partition coefficient (Wildman–Crippen LogP) is 0.442.